The molecule has 1 atom stereocenters. The maximum Gasteiger partial charge on any atom is 0.251 e. The number of rotatable bonds is 10. The Bertz CT molecular complexity index is 1390. The summed E-state index contributed by atoms with van der Waals surface area (Å²) in [6.45, 7) is -0.250. The molecule has 0 radical (unpaired) electrons. The fraction of sp³-hybridized carbons (Fsp3) is 0.300. The predicted octanol–water partition coefficient (Wildman–Crippen LogP) is 0.456. The van der Waals surface area contributed by atoms with Gasteiger partial charge in [-0.15, -0.1) is 0 Å². The third-order valence-corrected chi connectivity index (χ3v) is 7.95. The van der Waals surface area contributed by atoms with Gasteiger partial charge in [0.1, 0.15) is 11.4 Å². The number of pyridine rings is 1. The lowest BCUT2D eigenvalue weighted by atomic mass is 10.0. The molecule has 0 aliphatic heterocycles. The van der Waals surface area contributed by atoms with E-state index in [4.69, 9.17) is 0 Å². The van der Waals surface area contributed by atoms with Crippen LogP contribution in [-0.4, -0.2) is 51.4 Å². The largest absolute Gasteiger partial charge is 0.790 e. The van der Waals surface area contributed by atoms with E-state index in [0.29, 0.717) is 5.56 Å². The van der Waals surface area contributed by atoms with Crippen LogP contribution in [0.2, 0.25) is 0 Å². The van der Waals surface area contributed by atoms with Crippen molar-refractivity contribution in [2.24, 2.45) is 0 Å². The van der Waals surface area contributed by atoms with E-state index in [9.17, 15) is 32.4 Å². The highest BCUT2D eigenvalue weighted by Crippen LogP contribution is 2.28. The van der Waals surface area contributed by atoms with Crippen molar-refractivity contribution in [1.29, 1.82) is 0 Å². The van der Waals surface area contributed by atoms with Crippen molar-refractivity contribution in [3.8, 4) is 16.8 Å². The van der Waals surface area contributed by atoms with E-state index in [1.165, 1.54) is 21.6 Å². The highest BCUT2D eigenvalue weighted by molar-refractivity contribution is 7.92. The highest BCUT2D eigenvalue weighted by Gasteiger charge is 2.42. The van der Waals surface area contributed by atoms with Gasteiger partial charge in [-0.25, -0.2) is 8.42 Å². The van der Waals surface area contributed by atoms with Gasteiger partial charge in [-0.1, -0.05) is 12.1 Å². The first kappa shape index (κ1) is 31.0. The molecule has 198 valence electrons. The van der Waals surface area contributed by atoms with Crippen LogP contribution in [0.5, 0.6) is 0 Å². The molecule has 0 aliphatic carbocycles. The molecule has 0 unspecified atom stereocenters. The lowest BCUT2D eigenvalue weighted by Gasteiger charge is -2.31. The second kappa shape index (κ2) is 11.8. The molecule has 14 nitrogen and oxygen atoms in total. The number of hydrogen-bond donors (Lipinski definition) is 2. The number of nitrogens with zero attached hydrogens (tertiary/aromatic N) is 4. The molecule has 36 heavy (non-hydrogen) atoms. The van der Waals surface area contributed by atoms with Crippen LogP contribution in [0.25, 0.3) is 16.8 Å². The number of aryl methyl sites for hydroxylation is 1. The summed E-state index contributed by atoms with van der Waals surface area (Å²) in [6.07, 6.45) is 5.05. The smallest absolute Gasteiger partial charge is 0.251 e. The number of phosphoric acid groups is 1. The summed E-state index contributed by atoms with van der Waals surface area (Å²) in [4.78, 5) is 47.8. The molecule has 16 heteroatoms. The maximum atomic E-state index is 12.6. The van der Waals surface area contributed by atoms with Crippen molar-refractivity contribution in [3.05, 3.63) is 65.3 Å². The summed E-state index contributed by atoms with van der Waals surface area (Å²) < 4.78 is 38.3. The summed E-state index contributed by atoms with van der Waals surface area (Å²) in [5.74, 6) is -1.10. The number of ketones is 1. The molecule has 2 aromatic heterocycles. The summed E-state index contributed by atoms with van der Waals surface area (Å²) in [7, 11) is -9.50. The van der Waals surface area contributed by atoms with Gasteiger partial charge in [0.2, 0.25) is 0 Å². The van der Waals surface area contributed by atoms with E-state index in [2.05, 4.69) is 14.7 Å². The van der Waals surface area contributed by atoms with Crippen molar-refractivity contribution >= 4 is 23.4 Å². The van der Waals surface area contributed by atoms with E-state index in [1.807, 2.05) is 0 Å². The minimum Gasteiger partial charge on any atom is -0.790 e. The number of Topliss-reactive ketones (excluding diaryl/α,β-unsaturated/α-hetero) is 1. The number of aromatic nitrogens is 4. The van der Waals surface area contributed by atoms with Crippen LogP contribution < -0.4 is 27.6 Å². The average Bonchev–Trinajstić information content (AvgIpc) is 3.30. The Morgan fingerprint density at radius 3 is 2.17 bits per heavy atom. The molecule has 0 saturated carbocycles. The molecule has 0 amide bonds. The van der Waals surface area contributed by atoms with Gasteiger partial charge >= 0.3 is 0 Å². The van der Waals surface area contributed by atoms with Gasteiger partial charge in [0.05, 0.1) is 25.9 Å². The summed E-state index contributed by atoms with van der Waals surface area (Å²) >= 11 is 0. The van der Waals surface area contributed by atoms with Crippen molar-refractivity contribution in [1.82, 2.24) is 31.9 Å². The van der Waals surface area contributed by atoms with Gasteiger partial charge < -0.3 is 35.7 Å². The van der Waals surface area contributed by atoms with Crippen LogP contribution in [0.1, 0.15) is 13.3 Å². The van der Waals surface area contributed by atoms with Crippen molar-refractivity contribution in [2.75, 3.05) is 12.9 Å². The second-order valence-electron chi connectivity index (χ2n) is 7.71. The molecule has 0 bridgehead atoms. The van der Waals surface area contributed by atoms with Gasteiger partial charge in [0, 0.05) is 25.1 Å². The second-order valence-corrected chi connectivity index (χ2v) is 11.3. The molecule has 8 N–H and O–H groups in total. The van der Waals surface area contributed by atoms with E-state index in [1.54, 1.807) is 42.7 Å². The Morgan fingerprint density at radius 2 is 1.67 bits per heavy atom. The molecule has 0 spiro atoms. The minimum atomic E-state index is -5.46. The van der Waals surface area contributed by atoms with Crippen LogP contribution in [0.4, 0.5) is 0 Å². The van der Waals surface area contributed by atoms with E-state index in [0.717, 1.165) is 24.4 Å². The van der Waals surface area contributed by atoms with Gasteiger partial charge in [0.25, 0.3) is 5.56 Å². The third-order valence-electron chi connectivity index (χ3n) is 5.44. The molecule has 0 fully saturated rings. The Labute approximate surface area is 207 Å². The van der Waals surface area contributed by atoms with Crippen molar-refractivity contribution < 1.29 is 32.1 Å². The summed E-state index contributed by atoms with van der Waals surface area (Å²) in [6, 6.07) is 10.2. The Hall–Kier alpha value is -3.04. The van der Waals surface area contributed by atoms with Crippen LogP contribution in [0, 0.1) is 0 Å². The molecular weight excluding hydrogens is 515 g/mol. The third kappa shape index (κ3) is 7.24. The van der Waals surface area contributed by atoms with Gasteiger partial charge in [-0.2, -0.15) is 15.0 Å². The predicted molar refractivity (Wildman–Crippen MR) is 129 cm³/mol. The van der Waals surface area contributed by atoms with Gasteiger partial charge in [-0.3, -0.25) is 9.59 Å². The molecule has 0 aliphatic rings. The number of benzene rings is 1. The van der Waals surface area contributed by atoms with E-state index >= 15 is 0 Å². The Balaban J connectivity index is 0.00000324. The number of carbonyl (C=O) groups is 1. The molecule has 2 heterocycles. The van der Waals surface area contributed by atoms with Crippen LogP contribution in [-0.2, 0) is 30.3 Å². The van der Waals surface area contributed by atoms with Gasteiger partial charge in [0.15, 0.2) is 15.6 Å². The minimum absolute atomic E-state index is 0. The normalized spacial score (nSPS) is 13.2. The first-order valence-electron chi connectivity index (χ1n) is 9.87. The molecular formula is C20H29N6O8PS. The van der Waals surface area contributed by atoms with E-state index < -0.39 is 40.4 Å². The fourth-order valence-corrected chi connectivity index (χ4v) is 4.37. The van der Waals surface area contributed by atoms with Crippen LogP contribution >= 0.6 is 7.82 Å². The molecule has 3 rings (SSSR count). The lowest BCUT2D eigenvalue weighted by Crippen LogP contribution is -2.46. The first-order valence-corrected chi connectivity index (χ1v) is 13.2. The molecule has 1 aromatic carbocycles. The first-order chi connectivity index (χ1) is 15.8. The highest BCUT2D eigenvalue weighted by atomic mass is 32.2. The van der Waals surface area contributed by atoms with Crippen molar-refractivity contribution in [2.45, 2.75) is 24.6 Å². The zero-order valence-corrected chi connectivity index (χ0v) is 21.9. The number of quaternary nitrogens is 2. The van der Waals surface area contributed by atoms with Crippen molar-refractivity contribution in [3.63, 3.8) is 0 Å². The number of carbonyl (C=O) groups excluding carboxylic acids is 1. The topological polar surface area (TPSA) is 249 Å². The fourth-order valence-electron chi connectivity index (χ4n) is 3.16. The average molecular weight is 545 g/mol. The number of phosphoric ester groups is 1. The lowest BCUT2D eigenvalue weighted by molar-refractivity contribution is -0.341. The number of sulfone groups is 1. The van der Waals surface area contributed by atoms with E-state index in [-0.39, 0.29) is 25.3 Å². The zero-order chi connectivity index (χ0) is 25.1. The van der Waals surface area contributed by atoms with Crippen LogP contribution in [0.3, 0.4) is 0 Å². The van der Waals surface area contributed by atoms with Gasteiger partial charge in [-0.05, 0) is 42.7 Å². The standard InChI is InChI=1S/C20H23N4O8PS.2H3N/c1-20(34(2,30)31,18(25)14-32-33(27,28)29)8-12-23-11-7-16(13-19(23)26)15-3-5-17(6-4-15)24-21-9-10-22-24;;/h3-7,9-11,13H,8,12,14H2,1-2H3,(H2,27,28,29);2*1H3/t20-;;/m1../s1. The SMILES string of the molecule is C[C@@](CCn1ccc(-c2ccc(-n3nccn3)cc2)cc1=O)(C(=O)COP(=O)([O-])[O-])S(C)(=O)=O.[NH4+].[NH4+]. The molecule has 3 aromatic rings. The molecule has 0 saturated heterocycles. The Kier molecular flexibility index (Phi) is 10.2. The Morgan fingerprint density at radius 1 is 1.08 bits per heavy atom. The number of hydrogen-bond acceptors (Lipinski definition) is 10. The monoisotopic (exact) mass is 544 g/mol. The zero-order valence-electron chi connectivity index (χ0n) is 20.2. The quantitative estimate of drug-likeness (QED) is 0.333. The summed E-state index contributed by atoms with van der Waals surface area (Å²) in [5, 5.41) is 8.08. The maximum absolute atomic E-state index is 12.6. The summed E-state index contributed by atoms with van der Waals surface area (Å²) in [5.41, 5.74) is 1.69. The van der Waals surface area contributed by atoms with Crippen LogP contribution in [0.15, 0.2) is 59.8 Å².